The van der Waals surface area contributed by atoms with Crippen LogP contribution in [0, 0.1) is 18.8 Å². The third-order valence-electron chi connectivity index (χ3n) is 6.15. The lowest BCUT2D eigenvalue weighted by molar-refractivity contribution is -0.120. The Balaban J connectivity index is 1.76. The summed E-state index contributed by atoms with van der Waals surface area (Å²) in [6, 6.07) is 15.1. The van der Waals surface area contributed by atoms with Gasteiger partial charge in [0.2, 0.25) is 0 Å². The molecule has 0 spiro atoms. The summed E-state index contributed by atoms with van der Waals surface area (Å²) in [6.07, 6.45) is 2.06. The molecule has 2 unspecified atom stereocenters. The summed E-state index contributed by atoms with van der Waals surface area (Å²) in [5.74, 6) is 1.20. The average molecular weight is 433 g/mol. The lowest BCUT2D eigenvalue weighted by Gasteiger charge is -2.37. The van der Waals surface area contributed by atoms with Gasteiger partial charge in [0.15, 0.2) is 0 Å². The molecule has 5 nitrogen and oxygen atoms in total. The highest BCUT2D eigenvalue weighted by atomic mass is 16.5. The molecule has 2 heterocycles. The molecule has 0 saturated carbocycles. The normalized spacial score (nSPS) is 21.5. The van der Waals surface area contributed by atoms with Crippen LogP contribution in [0.15, 0.2) is 54.2 Å². The maximum absolute atomic E-state index is 13.7. The molecule has 0 N–H and O–H groups in total. The first-order valence-electron chi connectivity index (χ1n) is 11.6. The van der Waals surface area contributed by atoms with Crippen molar-refractivity contribution in [1.29, 1.82) is 0 Å². The van der Waals surface area contributed by atoms with Gasteiger partial charge < -0.3 is 9.64 Å². The van der Waals surface area contributed by atoms with Gasteiger partial charge in [-0.15, -0.1) is 0 Å². The zero-order valence-corrected chi connectivity index (χ0v) is 19.4. The number of aryl methyl sites for hydroxylation is 1. The van der Waals surface area contributed by atoms with E-state index >= 15 is 0 Å². The predicted molar refractivity (Wildman–Crippen MR) is 127 cm³/mol. The summed E-state index contributed by atoms with van der Waals surface area (Å²) >= 11 is 0. The van der Waals surface area contributed by atoms with E-state index in [1.54, 1.807) is 0 Å². The molecule has 0 aliphatic carbocycles. The molecule has 0 bridgehead atoms. The molecule has 5 heteroatoms. The fraction of sp³-hybridized carbons (Fsp3) is 0.407. The molecular formula is C27H32N2O3. The quantitative estimate of drug-likeness (QED) is 0.600. The Labute approximate surface area is 190 Å². The van der Waals surface area contributed by atoms with E-state index in [4.69, 9.17) is 4.74 Å². The molecule has 1 saturated heterocycles. The number of amides is 2. The Morgan fingerprint density at radius 1 is 0.906 bits per heavy atom. The highest BCUT2D eigenvalue weighted by Gasteiger charge is 2.43. The van der Waals surface area contributed by atoms with Crippen molar-refractivity contribution in [3.8, 4) is 5.75 Å². The van der Waals surface area contributed by atoms with Crippen molar-refractivity contribution >= 4 is 23.1 Å². The number of benzene rings is 2. The first-order valence-corrected chi connectivity index (χ1v) is 11.6. The Kier molecular flexibility index (Phi) is 6.35. The number of hydrogen-bond donors (Lipinski definition) is 0. The number of hydrogen-bond acceptors (Lipinski definition) is 4. The molecule has 2 aliphatic rings. The number of imide groups is 1. The van der Waals surface area contributed by atoms with E-state index in [-0.39, 0.29) is 11.8 Å². The minimum Gasteiger partial charge on any atom is -0.494 e. The van der Waals surface area contributed by atoms with Gasteiger partial charge in [0.1, 0.15) is 11.4 Å². The number of rotatable bonds is 6. The van der Waals surface area contributed by atoms with E-state index in [1.165, 1.54) is 4.90 Å². The monoisotopic (exact) mass is 432 g/mol. The summed E-state index contributed by atoms with van der Waals surface area (Å²) in [7, 11) is 0. The van der Waals surface area contributed by atoms with Gasteiger partial charge in [-0.05, 0) is 61.4 Å². The SMILES string of the molecule is CCCOc1ccc(C2=C(N3CC(C)CC(C)C3)C(=O)N(c3ccc(C)cc3)C2=O)cc1. The van der Waals surface area contributed by atoms with Gasteiger partial charge in [-0.25, -0.2) is 4.90 Å². The highest BCUT2D eigenvalue weighted by Crippen LogP contribution is 2.37. The summed E-state index contributed by atoms with van der Waals surface area (Å²) < 4.78 is 5.70. The molecular weight excluding hydrogens is 400 g/mol. The summed E-state index contributed by atoms with van der Waals surface area (Å²) in [5, 5.41) is 0. The van der Waals surface area contributed by atoms with Crippen LogP contribution < -0.4 is 9.64 Å². The maximum atomic E-state index is 13.7. The topological polar surface area (TPSA) is 49.9 Å². The summed E-state index contributed by atoms with van der Waals surface area (Å²) in [6.45, 7) is 10.7. The molecule has 168 valence electrons. The number of carbonyl (C=O) groups excluding carboxylic acids is 2. The van der Waals surface area contributed by atoms with Gasteiger partial charge in [-0.2, -0.15) is 0 Å². The van der Waals surface area contributed by atoms with Crippen molar-refractivity contribution in [2.24, 2.45) is 11.8 Å². The van der Waals surface area contributed by atoms with Crippen LogP contribution >= 0.6 is 0 Å². The molecule has 32 heavy (non-hydrogen) atoms. The standard InChI is InChI=1S/C27H32N2O3/c1-5-14-32-23-12-8-21(9-13-23)24-25(28-16-19(3)15-20(4)17-28)27(31)29(26(24)30)22-10-6-18(2)7-11-22/h6-13,19-20H,5,14-17H2,1-4H3. The maximum Gasteiger partial charge on any atom is 0.282 e. The fourth-order valence-electron chi connectivity index (χ4n) is 4.78. The number of nitrogens with zero attached hydrogens (tertiary/aromatic N) is 2. The summed E-state index contributed by atoms with van der Waals surface area (Å²) in [4.78, 5) is 30.8. The number of likely N-dealkylation sites (tertiary alicyclic amines) is 1. The Bertz CT molecular complexity index is 1010. The molecule has 1 fully saturated rings. The molecule has 0 radical (unpaired) electrons. The number of ether oxygens (including phenoxy) is 1. The van der Waals surface area contributed by atoms with Crippen LogP contribution in [0.1, 0.15) is 44.7 Å². The molecule has 2 aromatic carbocycles. The van der Waals surface area contributed by atoms with E-state index in [9.17, 15) is 9.59 Å². The lowest BCUT2D eigenvalue weighted by Crippen LogP contribution is -2.42. The average Bonchev–Trinajstić information content (AvgIpc) is 3.03. The Hall–Kier alpha value is -3.08. The molecule has 4 rings (SSSR count). The van der Waals surface area contributed by atoms with Crippen LogP contribution in [0.25, 0.3) is 5.57 Å². The van der Waals surface area contributed by atoms with Crippen molar-refractivity contribution in [2.45, 2.75) is 40.5 Å². The third kappa shape index (κ3) is 4.29. The van der Waals surface area contributed by atoms with Crippen LogP contribution in [0.3, 0.4) is 0 Å². The first-order chi connectivity index (χ1) is 15.4. The second kappa shape index (κ2) is 9.19. The van der Waals surface area contributed by atoms with E-state index in [2.05, 4.69) is 25.7 Å². The van der Waals surface area contributed by atoms with Gasteiger partial charge in [0, 0.05) is 13.1 Å². The lowest BCUT2D eigenvalue weighted by atomic mass is 9.91. The Morgan fingerprint density at radius 2 is 1.53 bits per heavy atom. The van der Waals surface area contributed by atoms with Crippen LogP contribution in [0.2, 0.25) is 0 Å². The second-order valence-electron chi connectivity index (χ2n) is 9.23. The van der Waals surface area contributed by atoms with Crippen molar-refractivity contribution in [3.05, 3.63) is 65.4 Å². The minimum absolute atomic E-state index is 0.235. The highest BCUT2D eigenvalue weighted by molar-refractivity contribution is 6.45. The predicted octanol–water partition coefficient (Wildman–Crippen LogP) is 5.05. The molecule has 0 aromatic heterocycles. The minimum atomic E-state index is -0.262. The molecule has 2 aliphatic heterocycles. The largest absolute Gasteiger partial charge is 0.494 e. The third-order valence-corrected chi connectivity index (χ3v) is 6.15. The van der Waals surface area contributed by atoms with Gasteiger partial charge in [0.25, 0.3) is 11.8 Å². The van der Waals surface area contributed by atoms with Gasteiger partial charge in [0.05, 0.1) is 17.9 Å². The van der Waals surface area contributed by atoms with E-state index in [0.717, 1.165) is 42.8 Å². The van der Waals surface area contributed by atoms with Crippen molar-refractivity contribution in [1.82, 2.24) is 4.90 Å². The van der Waals surface area contributed by atoms with Gasteiger partial charge in [-0.3, -0.25) is 9.59 Å². The van der Waals surface area contributed by atoms with Crippen LogP contribution in [0.5, 0.6) is 5.75 Å². The first kappa shape index (κ1) is 22.1. The number of anilines is 1. The van der Waals surface area contributed by atoms with Gasteiger partial charge in [-0.1, -0.05) is 50.6 Å². The van der Waals surface area contributed by atoms with Crippen molar-refractivity contribution < 1.29 is 14.3 Å². The zero-order chi connectivity index (χ0) is 22.8. The van der Waals surface area contributed by atoms with Gasteiger partial charge >= 0.3 is 0 Å². The molecule has 2 atom stereocenters. The fourth-order valence-corrected chi connectivity index (χ4v) is 4.78. The molecule has 2 aromatic rings. The zero-order valence-electron chi connectivity index (χ0n) is 19.4. The van der Waals surface area contributed by atoms with Crippen LogP contribution in [-0.2, 0) is 9.59 Å². The number of carbonyl (C=O) groups is 2. The van der Waals surface area contributed by atoms with Crippen molar-refractivity contribution in [3.63, 3.8) is 0 Å². The Morgan fingerprint density at radius 3 is 2.12 bits per heavy atom. The van der Waals surface area contributed by atoms with Crippen molar-refractivity contribution in [2.75, 3.05) is 24.6 Å². The van der Waals surface area contributed by atoms with Crippen LogP contribution in [0.4, 0.5) is 5.69 Å². The number of piperidine rings is 1. The van der Waals surface area contributed by atoms with E-state index in [0.29, 0.717) is 35.4 Å². The van der Waals surface area contributed by atoms with E-state index < -0.39 is 0 Å². The van der Waals surface area contributed by atoms with Crippen LogP contribution in [-0.4, -0.2) is 36.4 Å². The van der Waals surface area contributed by atoms with E-state index in [1.807, 2.05) is 55.5 Å². The summed E-state index contributed by atoms with van der Waals surface area (Å²) in [5.41, 5.74) is 3.46. The smallest absolute Gasteiger partial charge is 0.282 e. The second-order valence-corrected chi connectivity index (χ2v) is 9.23. The molecule has 2 amide bonds.